The molecule has 18 heavy (non-hydrogen) atoms. The third-order valence-electron chi connectivity index (χ3n) is 2.33. The Bertz CT molecular complexity index is 606. The molecule has 3 N–H and O–H groups in total. The van der Waals surface area contributed by atoms with Crippen molar-refractivity contribution in [2.24, 2.45) is 10.9 Å². The molecule has 1 aromatic carbocycles. The highest BCUT2D eigenvalue weighted by atomic mass is 16.6. The fraction of sp³-hybridized carbons (Fsp3) is 0. The molecular formula is C10H9N5O3. The SMILES string of the molecule is NC(=NO)c1ccc(-n2cccn2)c([N+](=O)[O-])c1. The molecule has 0 amide bonds. The van der Waals surface area contributed by atoms with Crippen LogP contribution in [0.1, 0.15) is 5.56 Å². The maximum Gasteiger partial charge on any atom is 0.295 e. The van der Waals surface area contributed by atoms with Crippen LogP contribution >= 0.6 is 0 Å². The quantitative estimate of drug-likeness (QED) is 0.274. The summed E-state index contributed by atoms with van der Waals surface area (Å²) in [5.41, 5.74) is 5.78. The molecule has 0 saturated heterocycles. The average Bonchev–Trinajstić information content (AvgIpc) is 2.90. The molecule has 0 fully saturated rings. The van der Waals surface area contributed by atoms with Gasteiger partial charge < -0.3 is 10.9 Å². The van der Waals surface area contributed by atoms with Gasteiger partial charge in [0.05, 0.1) is 4.92 Å². The molecule has 0 aliphatic rings. The van der Waals surface area contributed by atoms with Crippen molar-refractivity contribution in [3.05, 3.63) is 52.3 Å². The lowest BCUT2D eigenvalue weighted by molar-refractivity contribution is -0.384. The van der Waals surface area contributed by atoms with Crippen LogP contribution in [0.5, 0.6) is 0 Å². The number of hydrogen-bond acceptors (Lipinski definition) is 5. The number of hydrogen-bond donors (Lipinski definition) is 2. The van der Waals surface area contributed by atoms with Crippen LogP contribution in [0.2, 0.25) is 0 Å². The van der Waals surface area contributed by atoms with Gasteiger partial charge in [-0.2, -0.15) is 5.10 Å². The first-order valence-electron chi connectivity index (χ1n) is 4.90. The molecule has 0 aliphatic heterocycles. The van der Waals surface area contributed by atoms with E-state index in [1.165, 1.54) is 29.1 Å². The van der Waals surface area contributed by atoms with Gasteiger partial charge in [-0.25, -0.2) is 4.68 Å². The third-order valence-corrected chi connectivity index (χ3v) is 2.33. The second-order valence-corrected chi connectivity index (χ2v) is 3.40. The Kier molecular flexibility index (Phi) is 2.92. The normalized spacial score (nSPS) is 11.4. The van der Waals surface area contributed by atoms with E-state index in [2.05, 4.69) is 10.3 Å². The fourth-order valence-corrected chi connectivity index (χ4v) is 1.49. The highest BCUT2D eigenvalue weighted by molar-refractivity contribution is 5.98. The van der Waals surface area contributed by atoms with Crippen LogP contribution in [-0.2, 0) is 0 Å². The van der Waals surface area contributed by atoms with Gasteiger partial charge in [0.2, 0.25) is 0 Å². The number of oxime groups is 1. The van der Waals surface area contributed by atoms with Crippen LogP contribution in [0, 0.1) is 10.1 Å². The van der Waals surface area contributed by atoms with Gasteiger partial charge >= 0.3 is 0 Å². The summed E-state index contributed by atoms with van der Waals surface area (Å²) in [4.78, 5) is 10.5. The lowest BCUT2D eigenvalue weighted by atomic mass is 10.1. The second kappa shape index (κ2) is 4.53. The topological polar surface area (TPSA) is 120 Å². The molecule has 2 aromatic rings. The maximum atomic E-state index is 11.0. The van der Waals surface area contributed by atoms with Crippen LogP contribution in [0.3, 0.4) is 0 Å². The summed E-state index contributed by atoms with van der Waals surface area (Å²) in [6, 6.07) is 5.88. The third kappa shape index (κ3) is 1.98. The molecule has 92 valence electrons. The molecule has 8 heteroatoms. The molecule has 1 aromatic heterocycles. The van der Waals surface area contributed by atoms with Crippen LogP contribution in [0.25, 0.3) is 5.69 Å². The smallest absolute Gasteiger partial charge is 0.295 e. The molecule has 1 heterocycles. The highest BCUT2D eigenvalue weighted by Crippen LogP contribution is 2.23. The van der Waals surface area contributed by atoms with Crippen molar-refractivity contribution in [3.8, 4) is 5.69 Å². The van der Waals surface area contributed by atoms with Gasteiger partial charge in [0.25, 0.3) is 5.69 Å². The van der Waals surface area contributed by atoms with Gasteiger partial charge in [-0.05, 0) is 18.2 Å². The number of nitrogens with two attached hydrogens (primary N) is 1. The number of nitro benzene ring substituents is 1. The van der Waals surface area contributed by atoms with Gasteiger partial charge in [-0.15, -0.1) is 0 Å². The Labute approximate surface area is 101 Å². The van der Waals surface area contributed by atoms with Crippen molar-refractivity contribution in [1.29, 1.82) is 0 Å². The first kappa shape index (κ1) is 11.6. The summed E-state index contributed by atoms with van der Waals surface area (Å²) < 4.78 is 1.37. The zero-order valence-corrected chi connectivity index (χ0v) is 9.09. The number of benzene rings is 1. The summed E-state index contributed by atoms with van der Waals surface area (Å²) in [7, 11) is 0. The lowest BCUT2D eigenvalue weighted by Crippen LogP contribution is -2.14. The number of amidine groups is 1. The predicted molar refractivity (Wildman–Crippen MR) is 62.7 cm³/mol. The lowest BCUT2D eigenvalue weighted by Gasteiger charge is -2.05. The molecule has 0 radical (unpaired) electrons. The Balaban J connectivity index is 2.59. The monoisotopic (exact) mass is 247 g/mol. The Morgan fingerprint density at radius 3 is 2.89 bits per heavy atom. The molecule has 0 spiro atoms. The van der Waals surface area contributed by atoms with Crippen molar-refractivity contribution in [3.63, 3.8) is 0 Å². The van der Waals surface area contributed by atoms with E-state index in [9.17, 15) is 10.1 Å². The van der Waals surface area contributed by atoms with Crippen molar-refractivity contribution < 1.29 is 10.1 Å². The molecule has 0 atom stereocenters. The number of rotatable bonds is 3. The van der Waals surface area contributed by atoms with Crippen molar-refractivity contribution >= 4 is 11.5 Å². The van der Waals surface area contributed by atoms with Crippen molar-refractivity contribution in [1.82, 2.24) is 9.78 Å². The fourth-order valence-electron chi connectivity index (χ4n) is 1.49. The standard InChI is InChI=1S/C10H9N5O3/c11-10(13-16)7-2-3-8(9(6-7)15(17)18)14-5-1-4-12-14/h1-6,16H,(H2,11,13). The first-order chi connectivity index (χ1) is 8.63. The minimum absolute atomic E-state index is 0.178. The molecule has 0 bridgehead atoms. The summed E-state index contributed by atoms with van der Waals surface area (Å²) >= 11 is 0. The van der Waals surface area contributed by atoms with Crippen LogP contribution in [-0.4, -0.2) is 25.7 Å². The molecular weight excluding hydrogens is 238 g/mol. The minimum Gasteiger partial charge on any atom is -0.409 e. The van der Waals surface area contributed by atoms with E-state index >= 15 is 0 Å². The molecule has 0 saturated carbocycles. The van der Waals surface area contributed by atoms with Crippen LogP contribution in [0.4, 0.5) is 5.69 Å². The van der Waals surface area contributed by atoms with E-state index in [1.54, 1.807) is 12.3 Å². The Morgan fingerprint density at radius 2 is 2.33 bits per heavy atom. The van der Waals surface area contributed by atoms with E-state index in [1.807, 2.05) is 0 Å². The molecule has 8 nitrogen and oxygen atoms in total. The van der Waals surface area contributed by atoms with Gasteiger partial charge in [0.15, 0.2) is 5.84 Å². The number of nitrogens with zero attached hydrogens (tertiary/aromatic N) is 4. The second-order valence-electron chi connectivity index (χ2n) is 3.40. The molecule has 0 aliphatic carbocycles. The summed E-state index contributed by atoms with van der Waals surface area (Å²) in [6.45, 7) is 0. The van der Waals surface area contributed by atoms with E-state index < -0.39 is 4.92 Å². The van der Waals surface area contributed by atoms with Gasteiger partial charge in [0.1, 0.15) is 5.69 Å². The summed E-state index contributed by atoms with van der Waals surface area (Å²) in [5, 5.41) is 26.3. The summed E-state index contributed by atoms with van der Waals surface area (Å²) in [6.07, 6.45) is 3.10. The summed E-state index contributed by atoms with van der Waals surface area (Å²) in [5.74, 6) is -0.190. The minimum atomic E-state index is -0.550. The zero-order chi connectivity index (χ0) is 13.1. The van der Waals surface area contributed by atoms with Crippen LogP contribution < -0.4 is 5.73 Å². The number of nitro groups is 1. The van der Waals surface area contributed by atoms with E-state index in [4.69, 9.17) is 10.9 Å². The molecule has 2 rings (SSSR count). The maximum absolute atomic E-state index is 11.0. The van der Waals surface area contributed by atoms with Gasteiger partial charge in [0, 0.05) is 24.0 Å². The van der Waals surface area contributed by atoms with E-state index in [-0.39, 0.29) is 17.1 Å². The first-order valence-corrected chi connectivity index (χ1v) is 4.90. The number of aromatic nitrogens is 2. The molecule has 0 unspecified atom stereocenters. The van der Waals surface area contributed by atoms with E-state index in [0.717, 1.165) is 0 Å². The Hall–Kier alpha value is -2.90. The van der Waals surface area contributed by atoms with Gasteiger partial charge in [-0.1, -0.05) is 5.16 Å². The van der Waals surface area contributed by atoms with E-state index in [0.29, 0.717) is 5.69 Å². The zero-order valence-electron chi connectivity index (χ0n) is 9.09. The van der Waals surface area contributed by atoms with Gasteiger partial charge in [-0.3, -0.25) is 10.1 Å². The largest absolute Gasteiger partial charge is 0.409 e. The van der Waals surface area contributed by atoms with Crippen molar-refractivity contribution in [2.75, 3.05) is 0 Å². The average molecular weight is 247 g/mol. The van der Waals surface area contributed by atoms with Crippen LogP contribution in [0.15, 0.2) is 41.8 Å². The van der Waals surface area contributed by atoms with Crippen molar-refractivity contribution in [2.45, 2.75) is 0 Å². The predicted octanol–water partition coefficient (Wildman–Crippen LogP) is 0.875. The highest BCUT2D eigenvalue weighted by Gasteiger charge is 2.17. The Morgan fingerprint density at radius 1 is 1.56 bits per heavy atom.